The van der Waals surface area contributed by atoms with Gasteiger partial charge in [-0.15, -0.1) is 0 Å². The molecule has 88 valence electrons. The zero-order valence-electron chi connectivity index (χ0n) is 9.21. The van der Waals surface area contributed by atoms with Crippen molar-refractivity contribution in [3.05, 3.63) is 29.8 Å². The Balaban J connectivity index is 2.61. The predicted molar refractivity (Wildman–Crippen MR) is 63.4 cm³/mol. The van der Waals surface area contributed by atoms with Crippen LogP contribution in [0.25, 0.3) is 0 Å². The minimum absolute atomic E-state index is 0.271. The summed E-state index contributed by atoms with van der Waals surface area (Å²) < 4.78 is 12.4. The fraction of sp³-hybridized carbons (Fsp3) is 0.364. The number of carbonyl (C=O) groups is 1. The summed E-state index contributed by atoms with van der Waals surface area (Å²) in [6.07, 6.45) is 0. The topological polar surface area (TPSA) is 32.3 Å². The normalized spacial score (nSPS) is 12.0. The molecule has 1 amide bonds. The Morgan fingerprint density at radius 1 is 1.56 bits per heavy atom. The maximum absolute atomic E-state index is 12.4. The van der Waals surface area contributed by atoms with Crippen LogP contribution in [0.5, 0.6) is 0 Å². The Morgan fingerprint density at radius 3 is 2.81 bits per heavy atom. The summed E-state index contributed by atoms with van der Waals surface area (Å²) in [5, 5.41) is 2.40. The minimum Gasteiger partial charge on any atom is -0.378 e. The van der Waals surface area contributed by atoms with Crippen LogP contribution in [-0.4, -0.2) is 25.6 Å². The summed E-state index contributed by atoms with van der Waals surface area (Å²) >= 11 is 4.99. The molecule has 0 heterocycles. The Labute approximate surface area is 99.2 Å². The molecule has 0 saturated heterocycles. The first-order valence-electron chi connectivity index (χ1n) is 4.83. The molecule has 0 saturated carbocycles. The molecule has 16 heavy (non-hydrogen) atoms. The number of alkyl halides is 2. The third-order valence-corrected chi connectivity index (χ3v) is 2.29. The third-order valence-electron chi connectivity index (χ3n) is 2.09. The summed E-state index contributed by atoms with van der Waals surface area (Å²) in [5.74, 6) is -0.808. The average Bonchev–Trinajstić information content (AvgIpc) is 2.26. The number of rotatable bonds is 4. The van der Waals surface area contributed by atoms with Crippen molar-refractivity contribution in [1.29, 1.82) is 0 Å². The predicted octanol–water partition coefficient (Wildman–Crippen LogP) is 1.90. The van der Waals surface area contributed by atoms with E-state index in [0.29, 0.717) is 0 Å². The lowest BCUT2D eigenvalue weighted by Gasteiger charge is -2.13. The molecule has 0 fully saturated rings. The molecule has 0 aliphatic heterocycles. The molecule has 0 radical (unpaired) electrons. The number of hydrogen-bond donors (Lipinski definition) is 1. The number of nitrogens with one attached hydrogen (secondary N) is 1. The van der Waals surface area contributed by atoms with E-state index in [1.807, 2.05) is 43.3 Å². The molecule has 0 aliphatic rings. The first kappa shape index (κ1) is 12.8. The number of nitrogens with zero attached hydrogens (tertiary/aromatic N) is 1. The van der Waals surface area contributed by atoms with E-state index in [4.69, 9.17) is 11.6 Å². The zero-order chi connectivity index (χ0) is 12.1. The molecule has 0 aromatic heterocycles. The van der Waals surface area contributed by atoms with Gasteiger partial charge in [0.2, 0.25) is 0 Å². The molecule has 1 unspecified atom stereocenters. The number of halogens is 2. The van der Waals surface area contributed by atoms with Crippen LogP contribution in [0, 0.1) is 0 Å². The van der Waals surface area contributed by atoms with E-state index in [0.717, 1.165) is 11.3 Å². The molecule has 1 aromatic carbocycles. The van der Waals surface area contributed by atoms with Crippen LogP contribution >= 0.6 is 11.6 Å². The first-order valence-corrected chi connectivity index (χ1v) is 5.26. The van der Waals surface area contributed by atoms with Crippen molar-refractivity contribution in [2.75, 3.05) is 19.0 Å². The molecule has 0 spiro atoms. The molecule has 5 heteroatoms. The van der Waals surface area contributed by atoms with Gasteiger partial charge < -0.3 is 10.2 Å². The maximum atomic E-state index is 12.4. The van der Waals surface area contributed by atoms with Crippen LogP contribution in [0.2, 0.25) is 0 Å². The first-order chi connectivity index (χ1) is 7.50. The van der Waals surface area contributed by atoms with E-state index in [1.165, 1.54) is 0 Å². The van der Waals surface area contributed by atoms with E-state index >= 15 is 0 Å². The van der Waals surface area contributed by atoms with E-state index in [2.05, 4.69) is 5.32 Å². The molecule has 1 atom stereocenters. The van der Waals surface area contributed by atoms with Crippen LogP contribution in [0.4, 0.5) is 10.1 Å². The average molecular weight is 245 g/mol. The van der Waals surface area contributed by atoms with Crippen LogP contribution in [0.3, 0.4) is 0 Å². The second-order valence-corrected chi connectivity index (χ2v) is 3.97. The maximum Gasteiger partial charge on any atom is 0.270 e. The van der Waals surface area contributed by atoms with Gasteiger partial charge in [-0.25, -0.2) is 4.39 Å². The summed E-state index contributed by atoms with van der Waals surface area (Å²) in [5.41, 5.74) is -0.0664. The molecule has 0 aliphatic carbocycles. The molecule has 1 aromatic rings. The smallest absolute Gasteiger partial charge is 0.270 e. The highest BCUT2D eigenvalue weighted by Crippen LogP contribution is 2.13. The summed E-state index contributed by atoms with van der Waals surface area (Å²) in [7, 11) is 3.85. The zero-order valence-corrected chi connectivity index (χ0v) is 9.96. The Kier molecular flexibility index (Phi) is 4.55. The fourth-order valence-corrected chi connectivity index (χ4v) is 1.29. The number of benzene rings is 1. The van der Waals surface area contributed by atoms with Crippen LogP contribution in [0.15, 0.2) is 24.3 Å². The van der Waals surface area contributed by atoms with Crippen molar-refractivity contribution in [3.63, 3.8) is 0 Å². The van der Waals surface area contributed by atoms with Crippen molar-refractivity contribution in [3.8, 4) is 0 Å². The molecule has 3 nitrogen and oxygen atoms in total. The SMILES string of the molecule is CN(C)c1cccc(CNC(=O)C(F)Cl)c1. The summed E-state index contributed by atoms with van der Waals surface area (Å²) in [6.45, 7) is 0.271. The van der Waals surface area contributed by atoms with Crippen LogP contribution in [-0.2, 0) is 11.3 Å². The molecule has 1 rings (SSSR count). The van der Waals surface area contributed by atoms with E-state index in [-0.39, 0.29) is 6.54 Å². The van der Waals surface area contributed by atoms with Crippen molar-refractivity contribution in [2.45, 2.75) is 12.2 Å². The van der Waals surface area contributed by atoms with Gasteiger partial charge in [0.05, 0.1) is 0 Å². The van der Waals surface area contributed by atoms with E-state index in [9.17, 15) is 9.18 Å². The largest absolute Gasteiger partial charge is 0.378 e. The Morgan fingerprint density at radius 2 is 2.25 bits per heavy atom. The lowest BCUT2D eigenvalue weighted by molar-refractivity contribution is -0.123. The van der Waals surface area contributed by atoms with Gasteiger partial charge in [0.25, 0.3) is 11.5 Å². The van der Waals surface area contributed by atoms with Gasteiger partial charge in [-0.3, -0.25) is 4.79 Å². The van der Waals surface area contributed by atoms with E-state index in [1.54, 1.807) is 0 Å². The standard InChI is InChI=1S/C11H14ClFN2O/c1-15(2)9-5-3-4-8(6-9)7-14-11(16)10(12)13/h3-6,10H,7H2,1-2H3,(H,14,16). The number of carbonyl (C=O) groups excluding carboxylic acids is 1. The summed E-state index contributed by atoms with van der Waals surface area (Å²) in [6, 6.07) is 7.60. The van der Waals surface area contributed by atoms with Gasteiger partial charge in [0.1, 0.15) is 0 Å². The van der Waals surface area contributed by atoms with Gasteiger partial charge in [-0.1, -0.05) is 23.7 Å². The highest BCUT2D eigenvalue weighted by Gasteiger charge is 2.12. The monoisotopic (exact) mass is 244 g/mol. The number of anilines is 1. The highest BCUT2D eigenvalue weighted by molar-refractivity contribution is 6.29. The second kappa shape index (κ2) is 5.70. The van der Waals surface area contributed by atoms with Crippen molar-refractivity contribution < 1.29 is 9.18 Å². The number of hydrogen-bond acceptors (Lipinski definition) is 2. The van der Waals surface area contributed by atoms with Gasteiger partial charge >= 0.3 is 0 Å². The molecular formula is C11H14ClFN2O. The third kappa shape index (κ3) is 3.70. The van der Waals surface area contributed by atoms with Crippen molar-refractivity contribution >= 4 is 23.2 Å². The Bertz CT molecular complexity index is 369. The lowest BCUT2D eigenvalue weighted by atomic mass is 10.2. The van der Waals surface area contributed by atoms with Gasteiger partial charge in [0.15, 0.2) is 0 Å². The molecule has 1 N–H and O–H groups in total. The Hall–Kier alpha value is -1.29. The quantitative estimate of drug-likeness (QED) is 0.821. The highest BCUT2D eigenvalue weighted by atomic mass is 35.5. The molecular weight excluding hydrogens is 231 g/mol. The second-order valence-electron chi connectivity index (χ2n) is 3.58. The number of amides is 1. The van der Waals surface area contributed by atoms with Crippen LogP contribution < -0.4 is 10.2 Å². The van der Waals surface area contributed by atoms with Gasteiger partial charge in [-0.05, 0) is 17.7 Å². The summed E-state index contributed by atoms with van der Waals surface area (Å²) in [4.78, 5) is 12.9. The van der Waals surface area contributed by atoms with Crippen molar-refractivity contribution in [2.24, 2.45) is 0 Å². The van der Waals surface area contributed by atoms with Crippen molar-refractivity contribution in [1.82, 2.24) is 5.32 Å². The van der Waals surface area contributed by atoms with E-state index < -0.39 is 11.5 Å². The fourth-order valence-electron chi connectivity index (χ4n) is 1.21. The van der Waals surface area contributed by atoms with Gasteiger partial charge in [0, 0.05) is 26.3 Å². The van der Waals surface area contributed by atoms with Gasteiger partial charge in [-0.2, -0.15) is 0 Å². The molecule has 0 bridgehead atoms. The minimum atomic E-state index is -1.99. The lowest BCUT2D eigenvalue weighted by Crippen LogP contribution is -2.28. The van der Waals surface area contributed by atoms with Crippen LogP contribution in [0.1, 0.15) is 5.56 Å².